The monoisotopic (exact) mass is 348 g/mol. The normalized spacial score (nSPS) is 11.1. The molecule has 0 fully saturated rings. The van der Waals surface area contributed by atoms with Crippen LogP contribution in [0.2, 0.25) is 0 Å². The number of amides is 1. The standard InChI is InChI=1S/C21H20N2O3/c24-20(22-26)13-12-18-10-5-15-23(21(18)25)14-4-9-17-8-3-7-16-6-1-2-11-19(16)17/h1-3,5-8,10-13,15,26H,4,9,14H2,(H,22,24)/b13-12+. The molecule has 26 heavy (non-hydrogen) atoms. The summed E-state index contributed by atoms with van der Waals surface area (Å²) in [5.41, 5.74) is 3.02. The van der Waals surface area contributed by atoms with Gasteiger partial charge in [0.25, 0.3) is 11.5 Å². The van der Waals surface area contributed by atoms with Crippen molar-refractivity contribution in [3.63, 3.8) is 0 Å². The van der Waals surface area contributed by atoms with E-state index in [2.05, 4.69) is 30.3 Å². The topological polar surface area (TPSA) is 71.3 Å². The highest BCUT2D eigenvalue weighted by Crippen LogP contribution is 2.19. The van der Waals surface area contributed by atoms with Crippen molar-refractivity contribution in [2.24, 2.45) is 0 Å². The lowest BCUT2D eigenvalue weighted by molar-refractivity contribution is -0.124. The zero-order chi connectivity index (χ0) is 18.4. The Bertz CT molecular complexity index is 1000. The maximum absolute atomic E-state index is 12.4. The second-order valence-electron chi connectivity index (χ2n) is 6.01. The number of nitrogens with one attached hydrogen (secondary N) is 1. The number of carbonyl (C=O) groups is 1. The Balaban J connectivity index is 1.71. The number of fused-ring (bicyclic) bond motifs is 1. The molecule has 0 bridgehead atoms. The molecular formula is C21H20N2O3. The zero-order valence-corrected chi connectivity index (χ0v) is 14.3. The molecule has 1 heterocycles. The van der Waals surface area contributed by atoms with Crippen LogP contribution in [0, 0.1) is 0 Å². The third-order valence-corrected chi connectivity index (χ3v) is 4.30. The van der Waals surface area contributed by atoms with Crippen molar-refractivity contribution in [1.82, 2.24) is 10.0 Å². The minimum atomic E-state index is -0.671. The molecule has 0 aliphatic heterocycles. The van der Waals surface area contributed by atoms with Gasteiger partial charge in [0.1, 0.15) is 0 Å². The van der Waals surface area contributed by atoms with E-state index in [0.717, 1.165) is 18.9 Å². The van der Waals surface area contributed by atoms with Crippen LogP contribution in [0.25, 0.3) is 16.8 Å². The maximum atomic E-state index is 12.4. The van der Waals surface area contributed by atoms with Crippen LogP contribution in [0.3, 0.4) is 0 Å². The van der Waals surface area contributed by atoms with Crippen LogP contribution in [-0.4, -0.2) is 15.7 Å². The number of pyridine rings is 1. The molecule has 0 aliphatic rings. The van der Waals surface area contributed by atoms with Crippen LogP contribution >= 0.6 is 0 Å². The van der Waals surface area contributed by atoms with E-state index in [0.29, 0.717) is 12.1 Å². The molecule has 0 unspecified atom stereocenters. The summed E-state index contributed by atoms with van der Waals surface area (Å²) in [5.74, 6) is -0.671. The third-order valence-electron chi connectivity index (χ3n) is 4.30. The number of hydrogen-bond donors (Lipinski definition) is 2. The van der Waals surface area contributed by atoms with E-state index in [1.807, 2.05) is 12.1 Å². The first kappa shape index (κ1) is 17.6. The zero-order valence-electron chi connectivity index (χ0n) is 14.3. The summed E-state index contributed by atoms with van der Waals surface area (Å²) >= 11 is 0. The van der Waals surface area contributed by atoms with Crippen LogP contribution < -0.4 is 11.0 Å². The Morgan fingerprint density at radius 1 is 1.08 bits per heavy atom. The number of aromatic nitrogens is 1. The number of nitrogens with zero attached hydrogens (tertiary/aromatic N) is 1. The average Bonchev–Trinajstić information content (AvgIpc) is 2.68. The lowest BCUT2D eigenvalue weighted by Crippen LogP contribution is -2.22. The molecule has 0 spiro atoms. The molecule has 132 valence electrons. The molecule has 0 aliphatic carbocycles. The van der Waals surface area contributed by atoms with Crippen molar-refractivity contribution in [1.29, 1.82) is 0 Å². The first-order valence-electron chi connectivity index (χ1n) is 8.47. The van der Waals surface area contributed by atoms with Crippen LogP contribution in [0.15, 0.2) is 71.7 Å². The Labute approximate surface area is 151 Å². The molecule has 2 aromatic carbocycles. The summed E-state index contributed by atoms with van der Waals surface area (Å²) in [6.45, 7) is 0.593. The van der Waals surface area contributed by atoms with Crippen molar-refractivity contribution >= 4 is 22.8 Å². The first-order chi connectivity index (χ1) is 12.7. The number of benzene rings is 2. The molecule has 5 nitrogen and oxygen atoms in total. The fraction of sp³-hybridized carbons (Fsp3) is 0.143. The summed E-state index contributed by atoms with van der Waals surface area (Å²) in [6.07, 6.45) is 5.97. The van der Waals surface area contributed by atoms with Gasteiger partial charge in [-0.3, -0.25) is 14.8 Å². The fourth-order valence-corrected chi connectivity index (χ4v) is 3.01. The second-order valence-corrected chi connectivity index (χ2v) is 6.01. The van der Waals surface area contributed by atoms with E-state index < -0.39 is 5.91 Å². The van der Waals surface area contributed by atoms with Crippen molar-refractivity contribution in [2.75, 3.05) is 0 Å². The lowest BCUT2D eigenvalue weighted by Gasteiger charge is -2.09. The molecule has 0 atom stereocenters. The summed E-state index contributed by atoms with van der Waals surface area (Å²) in [5, 5.41) is 11.0. The molecule has 3 rings (SSSR count). The van der Waals surface area contributed by atoms with Crippen LogP contribution in [0.4, 0.5) is 0 Å². The van der Waals surface area contributed by atoms with Gasteiger partial charge in [0.05, 0.1) is 0 Å². The van der Waals surface area contributed by atoms with Gasteiger partial charge in [-0.25, -0.2) is 5.48 Å². The Hall–Kier alpha value is -3.18. The van der Waals surface area contributed by atoms with Crippen molar-refractivity contribution in [3.05, 3.63) is 88.4 Å². The molecule has 3 aromatic rings. The first-order valence-corrected chi connectivity index (χ1v) is 8.47. The van der Waals surface area contributed by atoms with E-state index >= 15 is 0 Å². The lowest BCUT2D eigenvalue weighted by atomic mass is 10.0. The van der Waals surface area contributed by atoms with Gasteiger partial charge in [-0.2, -0.15) is 0 Å². The van der Waals surface area contributed by atoms with Crippen LogP contribution in [0.5, 0.6) is 0 Å². The highest BCUT2D eigenvalue weighted by Gasteiger charge is 2.03. The predicted octanol–water partition coefficient (Wildman–Crippen LogP) is 3.15. The van der Waals surface area contributed by atoms with Gasteiger partial charge in [0.15, 0.2) is 0 Å². The molecule has 1 aromatic heterocycles. The number of carbonyl (C=O) groups excluding carboxylic acids is 1. The second kappa shape index (κ2) is 8.27. The number of rotatable bonds is 6. The summed E-state index contributed by atoms with van der Waals surface area (Å²) in [7, 11) is 0. The molecule has 1 amide bonds. The van der Waals surface area contributed by atoms with Gasteiger partial charge in [-0.15, -0.1) is 0 Å². The highest BCUT2D eigenvalue weighted by atomic mass is 16.5. The van der Waals surface area contributed by atoms with Crippen LogP contribution in [-0.2, 0) is 17.8 Å². The molecule has 2 N–H and O–H groups in total. The Kier molecular flexibility index (Phi) is 5.61. The molecule has 0 saturated carbocycles. The summed E-state index contributed by atoms with van der Waals surface area (Å²) < 4.78 is 1.64. The Morgan fingerprint density at radius 3 is 2.73 bits per heavy atom. The SMILES string of the molecule is O=C(/C=C/c1cccn(CCCc2cccc3ccccc23)c1=O)NO. The summed E-state index contributed by atoms with van der Waals surface area (Å²) in [6, 6.07) is 18.0. The number of hydroxylamine groups is 1. The molecule has 0 radical (unpaired) electrons. The quantitative estimate of drug-likeness (QED) is 0.408. The average molecular weight is 348 g/mol. The highest BCUT2D eigenvalue weighted by molar-refractivity contribution is 5.90. The van der Waals surface area contributed by atoms with Gasteiger partial charge in [-0.05, 0) is 47.4 Å². The van der Waals surface area contributed by atoms with Crippen molar-refractivity contribution < 1.29 is 10.0 Å². The van der Waals surface area contributed by atoms with E-state index in [-0.39, 0.29) is 5.56 Å². The Morgan fingerprint density at radius 2 is 1.88 bits per heavy atom. The van der Waals surface area contributed by atoms with E-state index in [1.165, 1.54) is 27.9 Å². The van der Waals surface area contributed by atoms with Crippen molar-refractivity contribution in [3.8, 4) is 0 Å². The van der Waals surface area contributed by atoms with E-state index in [1.54, 1.807) is 22.9 Å². The number of aryl methyl sites for hydroxylation is 2. The van der Waals surface area contributed by atoms with Gasteiger partial charge in [0.2, 0.25) is 0 Å². The largest absolute Gasteiger partial charge is 0.315 e. The van der Waals surface area contributed by atoms with Gasteiger partial charge in [0, 0.05) is 24.4 Å². The fourth-order valence-electron chi connectivity index (χ4n) is 3.01. The minimum absolute atomic E-state index is 0.160. The van der Waals surface area contributed by atoms with Gasteiger partial charge in [-0.1, -0.05) is 42.5 Å². The van der Waals surface area contributed by atoms with Crippen LogP contribution in [0.1, 0.15) is 17.5 Å². The van der Waals surface area contributed by atoms with Crippen molar-refractivity contribution in [2.45, 2.75) is 19.4 Å². The summed E-state index contributed by atoms with van der Waals surface area (Å²) in [4.78, 5) is 23.5. The van der Waals surface area contributed by atoms with Gasteiger partial charge < -0.3 is 4.57 Å². The predicted molar refractivity (Wildman–Crippen MR) is 102 cm³/mol. The smallest absolute Gasteiger partial charge is 0.267 e. The molecular weight excluding hydrogens is 328 g/mol. The number of hydrogen-bond acceptors (Lipinski definition) is 3. The third kappa shape index (κ3) is 4.07. The van der Waals surface area contributed by atoms with E-state index in [9.17, 15) is 9.59 Å². The maximum Gasteiger partial charge on any atom is 0.267 e. The molecule has 5 heteroatoms. The van der Waals surface area contributed by atoms with Gasteiger partial charge >= 0.3 is 0 Å². The molecule has 0 saturated heterocycles. The van der Waals surface area contributed by atoms with E-state index in [4.69, 9.17) is 5.21 Å². The minimum Gasteiger partial charge on any atom is -0.315 e.